The SMILES string of the molecule is COCC(=O)N1CCN(CCN2C(=O)CSC2c2ccc(Cl)c(Cl)c2)CC1. The zero-order chi connectivity index (χ0) is 19.4. The Morgan fingerprint density at radius 1 is 1.19 bits per heavy atom. The lowest BCUT2D eigenvalue weighted by molar-refractivity contribution is -0.136. The third kappa shape index (κ3) is 5.09. The molecule has 1 aromatic carbocycles. The third-order valence-electron chi connectivity index (χ3n) is 4.85. The monoisotopic (exact) mass is 431 g/mol. The van der Waals surface area contributed by atoms with Crippen LogP contribution in [0.3, 0.4) is 0 Å². The van der Waals surface area contributed by atoms with Crippen molar-refractivity contribution in [2.24, 2.45) is 0 Å². The number of amides is 2. The molecule has 0 aliphatic carbocycles. The Bertz CT molecular complexity index is 698. The number of carbonyl (C=O) groups is 2. The largest absolute Gasteiger partial charge is 0.375 e. The van der Waals surface area contributed by atoms with Gasteiger partial charge in [0, 0.05) is 46.4 Å². The molecule has 2 heterocycles. The van der Waals surface area contributed by atoms with Crippen molar-refractivity contribution in [3.8, 4) is 0 Å². The molecule has 148 valence electrons. The molecule has 0 bridgehead atoms. The number of hydrogen-bond acceptors (Lipinski definition) is 5. The van der Waals surface area contributed by atoms with Crippen molar-refractivity contribution in [3.05, 3.63) is 33.8 Å². The van der Waals surface area contributed by atoms with E-state index in [1.807, 2.05) is 21.9 Å². The van der Waals surface area contributed by atoms with Gasteiger partial charge in [-0.3, -0.25) is 14.5 Å². The maximum absolute atomic E-state index is 12.4. The Morgan fingerprint density at radius 2 is 1.93 bits per heavy atom. The lowest BCUT2D eigenvalue weighted by Gasteiger charge is -2.36. The van der Waals surface area contributed by atoms with Gasteiger partial charge in [0.05, 0.1) is 15.8 Å². The zero-order valence-corrected chi connectivity index (χ0v) is 17.5. The van der Waals surface area contributed by atoms with Crippen molar-refractivity contribution >= 4 is 46.8 Å². The number of methoxy groups -OCH3 is 1. The molecule has 2 fully saturated rings. The molecule has 1 aromatic rings. The minimum atomic E-state index is -0.0307. The predicted molar refractivity (Wildman–Crippen MR) is 108 cm³/mol. The van der Waals surface area contributed by atoms with Gasteiger partial charge in [-0.05, 0) is 17.7 Å². The summed E-state index contributed by atoms with van der Waals surface area (Å²) in [6.45, 7) is 4.58. The molecule has 3 rings (SSSR count). The van der Waals surface area contributed by atoms with Gasteiger partial charge < -0.3 is 14.5 Å². The van der Waals surface area contributed by atoms with Crippen molar-refractivity contribution in [3.63, 3.8) is 0 Å². The molecule has 2 aliphatic rings. The Labute approximate surface area is 173 Å². The number of piperazine rings is 1. The van der Waals surface area contributed by atoms with Gasteiger partial charge in [-0.25, -0.2) is 0 Å². The average molecular weight is 432 g/mol. The van der Waals surface area contributed by atoms with E-state index in [1.165, 1.54) is 7.11 Å². The van der Waals surface area contributed by atoms with Crippen LogP contribution in [0.25, 0.3) is 0 Å². The van der Waals surface area contributed by atoms with E-state index in [9.17, 15) is 9.59 Å². The Kier molecular flexibility index (Phi) is 7.28. The second-order valence-electron chi connectivity index (χ2n) is 6.58. The van der Waals surface area contributed by atoms with Crippen LogP contribution in [0.4, 0.5) is 0 Å². The minimum absolute atomic E-state index is 0.0305. The summed E-state index contributed by atoms with van der Waals surface area (Å²) in [4.78, 5) is 30.3. The summed E-state index contributed by atoms with van der Waals surface area (Å²) < 4.78 is 4.91. The van der Waals surface area contributed by atoms with Crippen LogP contribution in [0.5, 0.6) is 0 Å². The van der Waals surface area contributed by atoms with Gasteiger partial charge in [0.2, 0.25) is 11.8 Å². The van der Waals surface area contributed by atoms with E-state index < -0.39 is 0 Å². The van der Waals surface area contributed by atoms with Crippen LogP contribution < -0.4 is 0 Å². The van der Waals surface area contributed by atoms with Crippen LogP contribution in [-0.4, -0.2) is 85.3 Å². The number of carbonyl (C=O) groups excluding carboxylic acids is 2. The van der Waals surface area contributed by atoms with Crippen LogP contribution in [0.15, 0.2) is 18.2 Å². The van der Waals surface area contributed by atoms with Gasteiger partial charge in [-0.2, -0.15) is 0 Å². The lowest BCUT2D eigenvalue weighted by Crippen LogP contribution is -2.51. The molecule has 2 aliphatic heterocycles. The normalized spacial score (nSPS) is 21.1. The van der Waals surface area contributed by atoms with Gasteiger partial charge in [0.25, 0.3) is 0 Å². The number of benzene rings is 1. The van der Waals surface area contributed by atoms with E-state index in [0.29, 0.717) is 35.4 Å². The maximum atomic E-state index is 12.4. The van der Waals surface area contributed by atoms with Crippen molar-refractivity contribution in [2.75, 3.05) is 58.7 Å². The highest BCUT2D eigenvalue weighted by molar-refractivity contribution is 8.00. The van der Waals surface area contributed by atoms with Crippen LogP contribution in [0.2, 0.25) is 10.0 Å². The molecule has 0 N–H and O–H groups in total. The van der Waals surface area contributed by atoms with Gasteiger partial charge in [0.1, 0.15) is 12.0 Å². The molecule has 1 atom stereocenters. The Balaban J connectivity index is 1.54. The van der Waals surface area contributed by atoms with E-state index >= 15 is 0 Å². The zero-order valence-electron chi connectivity index (χ0n) is 15.2. The summed E-state index contributed by atoms with van der Waals surface area (Å²) >= 11 is 13.8. The summed E-state index contributed by atoms with van der Waals surface area (Å²) in [5, 5.41) is 0.991. The lowest BCUT2D eigenvalue weighted by atomic mass is 10.2. The first-order valence-corrected chi connectivity index (χ1v) is 10.6. The molecule has 2 amide bonds. The number of rotatable bonds is 6. The number of hydrogen-bond donors (Lipinski definition) is 0. The van der Waals surface area contributed by atoms with Crippen molar-refractivity contribution in [1.82, 2.24) is 14.7 Å². The van der Waals surface area contributed by atoms with Crippen LogP contribution in [0.1, 0.15) is 10.9 Å². The van der Waals surface area contributed by atoms with Gasteiger partial charge in [0.15, 0.2) is 0 Å². The third-order valence-corrected chi connectivity index (χ3v) is 6.84. The first kappa shape index (κ1) is 20.7. The summed E-state index contributed by atoms with van der Waals surface area (Å²) in [7, 11) is 1.53. The summed E-state index contributed by atoms with van der Waals surface area (Å²) in [5.74, 6) is 0.650. The fraction of sp³-hybridized carbons (Fsp3) is 0.556. The highest BCUT2D eigenvalue weighted by Gasteiger charge is 2.33. The Hall–Kier alpha value is -0.990. The van der Waals surface area contributed by atoms with Gasteiger partial charge in [-0.1, -0.05) is 29.3 Å². The summed E-state index contributed by atoms with van der Waals surface area (Å²) in [6, 6.07) is 5.54. The summed E-state index contributed by atoms with van der Waals surface area (Å²) in [6.07, 6.45) is 0. The molecule has 1 unspecified atom stereocenters. The number of halogens is 2. The first-order valence-electron chi connectivity index (χ1n) is 8.84. The average Bonchev–Trinajstić information content (AvgIpc) is 3.03. The van der Waals surface area contributed by atoms with Crippen molar-refractivity contribution in [1.29, 1.82) is 0 Å². The molecule has 0 saturated carbocycles. The highest BCUT2D eigenvalue weighted by Crippen LogP contribution is 2.40. The number of nitrogens with zero attached hydrogens (tertiary/aromatic N) is 3. The fourth-order valence-electron chi connectivity index (χ4n) is 3.32. The fourth-order valence-corrected chi connectivity index (χ4v) is 4.84. The predicted octanol–water partition coefficient (Wildman–Crippen LogP) is 2.36. The first-order chi connectivity index (χ1) is 13.0. The van der Waals surface area contributed by atoms with Crippen LogP contribution in [0, 0.1) is 0 Å². The van der Waals surface area contributed by atoms with Crippen molar-refractivity contribution < 1.29 is 14.3 Å². The molecule has 9 heteroatoms. The van der Waals surface area contributed by atoms with E-state index in [2.05, 4.69) is 4.90 Å². The molecule has 0 spiro atoms. The van der Waals surface area contributed by atoms with E-state index in [0.717, 1.165) is 25.2 Å². The van der Waals surface area contributed by atoms with E-state index in [1.54, 1.807) is 17.8 Å². The van der Waals surface area contributed by atoms with Crippen LogP contribution >= 0.6 is 35.0 Å². The van der Waals surface area contributed by atoms with E-state index in [4.69, 9.17) is 27.9 Å². The second kappa shape index (κ2) is 9.47. The molecule has 0 radical (unpaired) electrons. The van der Waals surface area contributed by atoms with Gasteiger partial charge >= 0.3 is 0 Å². The van der Waals surface area contributed by atoms with Gasteiger partial charge in [-0.15, -0.1) is 11.8 Å². The molecule has 0 aromatic heterocycles. The van der Waals surface area contributed by atoms with Crippen molar-refractivity contribution in [2.45, 2.75) is 5.37 Å². The standard InChI is InChI=1S/C18H23Cl2N3O3S/c1-26-11-16(24)22-7-4-21(5-8-22)6-9-23-17(25)12-27-18(23)13-2-3-14(19)15(20)10-13/h2-3,10,18H,4-9,11-12H2,1H3. The van der Waals surface area contributed by atoms with Crippen LogP contribution in [-0.2, 0) is 14.3 Å². The topological polar surface area (TPSA) is 53.1 Å². The Morgan fingerprint density at radius 3 is 2.59 bits per heavy atom. The quantitative estimate of drug-likeness (QED) is 0.691. The maximum Gasteiger partial charge on any atom is 0.248 e. The molecular formula is C18H23Cl2N3O3S. The molecule has 27 heavy (non-hydrogen) atoms. The second-order valence-corrected chi connectivity index (χ2v) is 8.46. The molecular weight excluding hydrogens is 409 g/mol. The van der Waals surface area contributed by atoms with E-state index in [-0.39, 0.29) is 23.8 Å². The summed E-state index contributed by atoms with van der Waals surface area (Å²) in [5.41, 5.74) is 0.996. The number of ether oxygens (including phenoxy) is 1. The smallest absolute Gasteiger partial charge is 0.248 e. The highest BCUT2D eigenvalue weighted by atomic mass is 35.5. The number of thioether (sulfide) groups is 1. The molecule has 2 saturated heterocycles. The molecule has 6 nitrogen and oxygen atoms in total. The minimum Gasteiger partial charge on any atom is -0.375 e.